The number of hydrogen-bond acceptors (Lipinski definition) is 5. The third-order valence-electron chi connectivity index (χ3n) is 5.58. The number of carbonyl (C=O) groups excluding carboxylic acids is 1. The quantitative estimate of drug-likeness (QED) is 0.379. The van der Waals surface area contributed by atoms with Crippen molar-refractivity contribution >= 4 is 17.7 Å². The summed E-state index contributed by atoms with van der Waals surface area (Å²) in [6, 6.07) is 15.9. The molecule has 0 aliphatic rings. The van der Waals surface area contributed by atoms with E-state index in [0.717, 1.165) is 35.3 Å². The van der Waals surface area contributed by atoms with Gasteiger partial charge in [-0.3, -0.25) is 4.79 Å². The highest BCUT2D eigenvalue weighted by Gasteiger charge is 2.17. The fourth-order valence-electron chi connectivity index (χ4n) is 3.34. The number of ether oxygens (including phenoxy) is 1. The van der Waals surface area contributed by atoms with Crippen molar-refractivity contribution in [1.82, 2.24) is 20.1 Å². The van der Waals surface area contributed by atoms with E-state index in [1.807, 2.05) is 37.3 Å². The van der Waals surface area contributed by atoms with Crippen LogP contribution in [0.1, 0.15) is 55.7 Å². The zero-order valence-corrected chi connectivity index (χ0v) is 21.0. The average Bonchev–Trinajstić information content (AvgIpc) is 3.19. The van der Waals surface area contributed by atoms with Gasteiger partial charge in [-0.15, -0.1) is 10.2 Å². The minimum Gasteiger partial charge on any atom is -0.486 e. The van der Waals surface area contributed by atoms with Crippen molar-refractivity contribution in [2.24, 2.45) is 5.92 Å². The molecule has 3 rings (SSSR count). The van der Waals surface area contributed by atoms with E-state index in [1.165, 1.54) is 22.9 Å². The van der Waals surface area contributed by atoms with Crippen LogP contribution in [-0.2, 0) is 17.9 Å². The van der Waals surface area contributed by atoms with Crippen LogP contribution in [0.5, 0.6) is 5.75 Å². The van der Waals surface area contributed by atoms with Crippen molar-refractivity contribution in [2.75, 3.05) is 5.75 Å². The molecule has 6 nitrogen and oxygen atoms in total. The highest BCUT2D eigenvalue weighted by atomic mass is 32.2. The molecule has 3 aromatic rings. The van der Waals surface area contributed by atoms with E-state index in [1.54, 1.807) is 0 Å². The van der Waals surface area contributed by atoms with E-state index in [-0.39, 0.29) is 17.7 Å². The number of para-hydroxylation sites is 1. The van der Waals surface area contributed by atoms with Crippen LogP contribution in [0.4, 0.5) is 0 Å². The summed E-state index contributed by atoms with van der Waals surface area (Å²) in [6.45, 7) is 11.7. The van der Waals surface area contributed by atoms with Gasteiger partial charge in [-0.05, 0) is 61.9 Å². The number of rotatable bonds is 11. The minimum atomic E-state index is -0.0500. The lowest BCUT2D eigenvalue weighted by atomic mass is 10.0. The Morgan fingerprint density at radius 3 is 2.52 bits per heavy atom. The first-order valence-electron chi connectivity index (χ1n) is 11.4. The molecular formula is C26H34N4O2S. The van der Waals surface area contributed by atoms with E-state index in [4.69, 9.17) is 4.74 Å². The third-order valence-corrected chi connectivity index (χ3v) is 6.54. The van der Waals surface area contributed by atoms with Crippen molar-refractivity contribution in [3.05, 3.63) is 71.0 Å². The van der Waals surface area contributed by atoms with Crippen LogP contribution in [0, 0.1) is 19.8 Å². The molecule has 33 heavy (non-hydrogen) atoms. The first kappa shape index (κ1) is 24.8. The Morgan fingerprint density at radius 2 is 1.82 bits per heavy atom. The van der Waals surface area contributed by atoms with Gasteiger partial charge >= 0.3 is 0 Å². The molecule has 1 amide bonds. The molecule has 0 fully saturated rings. The van der Waals surface area contributed by atoms with Gasteiger partial charge in [0.1, 0.15) is 12.4 Å². The summed E-state index contributed by atoms with van der Waals surface area (Å²) in [4.78, 5) is 12.6. The molecule has 1 atom stereocenters. The van der Waals surface area contributed by atoms with Crippen molar-refractivity contribution in [3.63, 3.8) is 0 Å². The van der Waals surface area contributed by atoms with Crippen LogP contribution < -0.4 is 10.1 Å². The molecular weight excluding hydrogens is 432 g/mol. The Bertz CT molecular complexity index is 1050. The number of carbonyl (C=O) groups is 1. The highest BCUT2D eigenvalue weighted by Crippen LogP contribution is 2.21. The summed E-state index contributed by atoms with van der Waals surface area (Å²) >= 11 is 1.41. The summed E-state index contributed by atoms with van der Waals surface area (Å²) in [5.74, 6) is 2.38. The molecule has 1 aromatic heterocycles. The molecule has 7 heteroatoms. The van der Waals surface area contributed by atoms with Crippen LogP contribution in [0.2, 0.25) is 0 Å². The smallest absolute Gasteiger partial charge is 0.230 e. The van der Waals surface area contributed by atoms with Gasteiger partial charge in [-0.1, -0.05) is 62.0 Å². The molecule has 0 radical (unpaired) electrons. The van der Waals surface area contributed by atoms with Crippen LogP contribution >= 0.6 is 11.8 Å². The second-order valence-corrected chi connectivity index (χ2v) is 9.70. The number of aryl methyl sites for hydroxylation is 2. The van der Waals surface area contributed by atoms with Crippen molar-refractivity contribution in [2.45, 2.75) is 65.4 Å². The zero-order valence-electron chi connectivity index (χ0n) is 20.2. The second-order valence-electron chi connectivity index (χ2n) is 8.76. The predicted octanol–water partition coefficient (Wildman–Crippen LogP) is 5.49. The third kappa shape index (κ3) is 7.35. The molecule has 0 aliphatic carbocycles. The number of thioether (sulfide) groups is 1. The molecule has 176 valence electrons. The average molecular weight is 467 g/mol. The minimum absolute atomic E-state index is 0.0220. The van der Waals surface area contributed by atoms with Crippen LogP contribution in [0.3, 0.4) is 0 Å². The molecule has 1 heterocycles. The van der Waals surface area contributed by atoms with E-state index in [2.05, 4.69) is 66.0 Å². The summed E-state index contributed by atoms with van der Waals surface area (Å²) in [6.07, 6.45) is 1.000. The van der Waals surface area contributed by atoms with Crippen LogP contribution in [0.25, 0.3) is 0 Å². The number of benzene rings is 2. The largest absolute Gasteiger partial charge is 0.486 e. The molecule has 0 saturated heterocycles. The fourth-order valence-corrected chi connectivity index (χ4v) is 4.13. The maximum absolute atomic E-state index is 12.6. The normalized spacial score (nSPS) is 12.1. The van der Waals surface area contributed by atoms with Gasteiger partial charge in [0.25, 0.3) is 0 Å². The van der Waals surface area contributed by atoms with Crippen LogP contribution in [-0.4, -0.2) is 26.4 Å². The Kier molecular flexibility index (Phi) is 8.95. The Morgan fingerprint density at radius 1 is 1.06 bits per heavy atom. The Labute approximate surface area is 201 Å². The molecule has 0 aliphatic heterocycles. The van der Waals surface area contributed by atoms with Crippen LogP contribution in [0.15, 0.2) is 53.7 Å². The van der Waals surface area contributed by atoms with E-state index in [9.17, 15) is 4.79 Å². The number of nitrogens with zero attached hydrogens (tertiary/aromatic N) is 3. The molecule has 1 unspecified atom stereocenters. The Balaban J connectivity index is 1.61. The Hall–Kier alpha value is -2.80. The van der Waals surface area contributed by atoms with E-state index < -0.39 is 0 Å². The molecule has 2 aromatic carbocycles. The lowest BCUT2D eigenvalue weighted by Gasteiger charge is -2.16. The summed E-state index contributed by atoms with van der Waals surface area (Å²) < 4.78 is 7.96. The van der Waals surface area contributed by atoms with Gasteiger partial charge in [-0.2, -0.15) is 0 Å². The summed E-state index contributed by atoms with van der Waals surface area (Å²) in [7, 11) is 0. The van der Waals surface area contributed by atoms with Crippen molar-refractivity contribution < 1.29 is 9.53 Å². The lowest BCUT2D eigenvalue weighted by Crippen LogP contribution is -2.28. The van der Waals surface area contributed by atoms with Gasteiger partial charge in [0.15, 0.2) is 11.0 Å². The maximum Gasteiger partial charge on any atom is 0.230 e. The number of amides is 1. The molecule has 0 bridgehead atoms. The van der Waals surface area contributed by atoms with Crippen molar-refractivity contribution in [1.29, 1.82) is 0 Å². The van der Waals surface area contributed by atoms with Gasteiger partial charge in [0.2, 0.25) is 5.91 Å². The van der Waals surface area contributed by atoms with E-state index >= 15 is 0 Å². The maximum atomic E-state index is 12.6. The van der Waals surface area contributed by atoms with Gasteiger partial charge in [-0.25, -0.2) is 0 Å². The standard InChI is InChI=1S/C26H34N4O2S/c1-18(2)13-14-30-24(16-32-23-9-7-6-8-10-23)28-29-26(30)33-17-25(31)27-21(5)22-12-11-19(3)20(4)15-22/h6-12,15,18,21H,13-14,16-17H2,1-5H3,(H,27,31). The second kappa shape index (κ2) is 11.9. The molecule has 0 spiro atoms. The fraction of sp³-hybridized carbons (Fsp3) is 0.423. The SMILES string of the molecule is Cc1ccc(C(C)NC(=O)CSc2nnc(COc3ccccc3)n2CCC(C)C)cc1C. The highest BCUT2D eigenvalue weighted by molar-refractivity contribution is 7.99. The number of hydrogen-bond donors (Lipinski definition) is 1. The monoisotopic (exact) mass is 466 g/mol. The topological polar surface area (TPSA) is 69.0 Å². The first-order chi connectivity index (χ1) is 15.8. The number of aromatic nitrogens is 3. The first-order valence-corrected chi connectivity index (χ1v) is 12.4. The molecule has 1 N–H and O–H groups in total. The van der Waals surface area contributed by atoms with Gasteiger partial charge in [0, 0.05) is 6.54 Å². The summed E-state index contributed by atoms with van der Waals surface area (Å²) in [5, 5.41) is 12.5. The predicted molar refractivity (Wildman–Crippen MR) is 133 cm³/mol. The summed E-state index contributed by atoms with van der Waals surface area (Å²) in [5.41, 5.74) is 3.59. The number of nitrogens with one attached hydrogen (secondary N) is 1. The van der Waals surface area contributed by atoms with Gasteiger partial charge in [0.05, 0.1) is 11.8 Å². The van der Waals surface area contributed by atoms with Gasteiger partial charge < -0.3 is 14.6 Å². The zero-order chi connectivity index (χ0) is 23.8. The van der Waals surface area contributed by atoms with E-state index in [0.29, 0.717) is 12.5 Å². The molecule has 0 saturated carbocycles. The lowest BCUT2D eigenvalue weighted by molar-refractivity contribution is -0.119. The van der Waals surface area contributed by atoms with Crippen molar-refractivity contribution in [3.8, 4) is 5.75 Å².